The second-order valence-electron chi connectivity index (χ2n) is 3.53. The molecule has 2 N–H and O–H groups in total. The first-order valence-corrected chi connectivity index (χ1v) is 5.75. The van der Waals surface area contributed by atoms with E-state index in [0.717, 1.165) is 29.7 Å². The van der Waals surface area contributed by atoms with Gasteiger partial charge in [-0.15, -0.1) is 0 Å². The van der Waals surface area contributed by atoms with Crippen LogP contribution in [-0.4, -0.2) is 10.3 Å². The van der Waals surface area contributed by atoms with Crippen molar-refractivity contribution in [3.05, 3.63) is 40.9 Å². The minimum atomic E-state index is -4.49. The second-order valence-corrected chi connectivity index (χ2v) is 4.33. The van der Waals surface area contributed by atoms with Gasteiger partial charge in [-0.2, -0.15) is 17.5 Å². The molecule has 0 aliphatic carbocycles. The first-order chi connectivity index (χ1) is 8.88. The summed E-state index contributed by atoms with van der Waals surface area (Å²) in [6.07, 6.45) is -3.22. The van der Waals surface area contributed by atoms with Crippen LogP contribution in [-0.2, 0) is 6.18 Å². The van der Waals surface area contributed by atoms with Gasteiger partial charge in [-0.1, -0.05) is 6.07 Å². The van der Waals surface area contributed by atoms with E-state index < -0.39 is 17.7 Å². The van der Waals surface area contributed by atoms with Crippen molar-refractivity contribution in [3.63, 3.8) is 0 Å². The number of halogens is 3. The van der Waals surface area contributed by atoms with Crippen LogP contribution in [0.15, 0.2) is 30.5 Å². The van der Waals surface area contributed by atoms with E-state index in [9.17, 15) is 18.0 Å². The molecule has 0 amide bonds. The lowest BCUT2D eigenvalue weighted by Gasteiger charge is -2.08. The van der Waals surface area contributed by atoms with Gasteiger partial charge in [0.05, 0.1) is 17.4 Å². The highest BCUT2D eigenvalue weighted by Gasteiger charge is 2.30. The number of benzene rings is 1. The summed E-state index contributed by atoms with van der Waals surface area (Å²) in [5, 5.41) is 0. The van der Waals surface area contributed by atoms with E-state index >= 15 is 0 Å². The molecule has 0 aliphatic rings. The van der Waals surface area contributed by atoms with Crippen molar-refractivity contribution < 1.29 is 22.7 Å². The van der Waals surface area contributed by atoms with Gasteiger partial charge in [-0.05, 0) is 29.7 Å². The lowest BCUT2D eigenvalue weighted by Crippen LogP contribution is -2.10. The van der Waals surface area contributed by atoms with Gasteiger partial charge in [0.2, 0.25) is 0 Å². The number of rotatable bonds is 2. The van der Waals surface area contributed by atoms with E-state index in [1.807, 2.05) is 0 Å². The van der Waals surface area contributed by atoms with Crippen LogP contribution in [0, 0.1) is 0 Å². The van der Waals surface area contributed by atoms with E-state index in [4.69, 9.17) is 10.5 Å². The molecule has 0 unspecified atom stereocenters. The van der Waals surface area contributed by atoms with Gasteiger partial charge in [-0.3, -0.25) is 0 Å². The van der Waals surface area contributed by atoms with Gasteiger partial charge in [0.1, 0.15) is 5.75 Å². The van der Waals surface area contributed by atoms with Crippen molar-refractivity contribution >= 4 is 23.2 Å². The van der Waals surface area contributed by atoms with Crippen molar-refractivity contribution in [2.24, 2.45) is 0 Å². The van der Waals surface area contributed by atoms with Crippen molar-refractivity contribution in [2.45, 2.75) is 6.18 Å². The maximum Gasteiger partial charge on any atom is 0.416 e. The normalized spacial score (nSPS) is 11.3. The number of anilines is 1. The third-order valence-electron chi connectivity index (χ3n) is 2.16. The Balaban J connectivity index is 2.21. The molecule has 1 heterocycles. The molecule has 0 bridgehead atoms. The minimum Gasteiger partial charge on any atom is -0.422 e. The molecule has 4 nitrogen and oxygen atoms in total. The van der Waals surface area contributed by atoms with Crippen LogP contribution in [0.4, 0.5) is 18.9 Å². The molecule has 100 valence electrons. The van der Waals surface area contributed by atoms with Gasteiger partial charge in [0, 0.05) is 0 Å². The highest BCUT2D eigenvalue weighted by atomic mass is 32.1. The standard InChI is InChI=1S/C11H7F3N2O2S/c12-11(13,14)6-2-1-3-7(4-6)18-10(17)9-8(15)5-16-19-9/h1-5H,15H2. The molecular weight excluding hydrogens is 281 g/mol. The molecule has 0 aliphatic heterocycles. The van der Waals surface area contributed by atoms with Crippen molar-refractivity contribution in [3.8, 4) is 5.75 Å². The van der Waals surface area contributed by atoms with Crippen LogP contribution in [0.3, 0.4) is 0 Å². The molecule has 0 saturated heterocycles. The van der Waals surface area contributed by atoms with E-state index in [1.165, 1.54) is 12.3 Å². The zero-order valence-corrected chi connectivity index (χ0v) is 10.1. The largest absolute Gasteiger partial charge is 0.422 e. The quantitative estimate of drug-likeness (QED) is 0.681. The van der Waals surface area contributed by atoms with Gasteiger partial charge >= 0.3 is 12.1 Å². The summed E-state index contributed by atoms with van der Waals surface area (Å²) in [6, 6.07) is 4.04. The van der Waals surface area contributed by atoms with Gasteiger partial charge in [0.25, 0.3) is 0 Å². The fourth-order valence-electron chi connectivity index (χ4n) is 1.29. The molecule has 0 fully saturated rings. The summed E-state index contributed by atoms with van der Waals surface area (Å²) in [5.41, 5.74) is 4.69. The maximum atomic E-state index is 12.5. The molecule has 0 saturated carbocycles. The molecular formula is C11H7F3N2O2S. The molecule has 8 heteroatoms. The van der Waals surface area contributed by atoms with Crippen LogP contribution >= 0.6 is 11.5 Å². The Morgan fingerprint density at radius 3 is 2.68 bits per heavy atom. The van der Waals surface area contributed by atoms with Crippen LogP contribution in [0.25, 0.3) is 0 Å². The summed E-state index contributed by atoms with van der Waals surface area (Å²) in [6.45, 7) is 0. The van der Waals surface area contributed by atoms with Crippen LogP contribution in [0.2, 0.25) is 0 Å². The van der Waals surface area contributed by atoms with Gasteiger partial charge in [0.15, 0.2) is 4.88 Å². The van der Waals surface area contributed by atoms with Crippen LogP contribution in [0.1, 0.15) is 15.2 Å². The lowest BCUT2D eigenvalue weighted by molar-refractivity contribution is -0.137. The Kier molecular flexibility index (Phi) is 3.43. The summed E-state index contributed by atoms with van der Waals surface area (Å²) >= 11 is 0.815. The Morgan fingerprint density at radius 1 is 1.37 bits per heavy atom. The van der Waals surface area contributed by atoms with Crippen LogP contribution in [0.5, 0.6) is 5.75 Å². The average Bonchev–Trinajstić information content (AvgIpc) is 2.75. The number of carbonyl (C=O) groups is 1. The zero-order chi connectivity index (χ0) is 14.0. The summed E-state index contributed by atoms with van der Waals surface area (Å²) in [5.74, 6) is -1.04. The monoisotopic (exact) mass is 288 g/mol. The van der Waals surface area contributed by atoms with Crippen LogP contribution < -0.4 is 10.5 Å². The number of esters is 1. The number of nitrogens with zero attached hydrogens (tertiary/aromatic N) is 1. The van der Waals surface area contributed by atoms with Gasteiger partial charge < -0.3 is 10.5 Å². The number of hydrogen-bond acceptors (Lipinski definition) is 5. The molecule has 0 radical (unpaired) electrons. The van der Waals surface area contributed by atoms with Gasteiger partial charge in [-0.25, -0.2) is 4.79 Å². The predicted molar refractivity (Wildman–Crippen MR) is 62.9 cm³/mol. The van der Waals surface area contributed by atoms with Crippen molar-refractivity contribution in [1.29, 1.82) is 0 Å². The van der Waals surface area contributed by atoms with Crippen molar-refractivity contribution in [1.82, 2.24) is 4.37 Å². The first-order valence-electron chi connectivity index (χ1n) is 4.97. The zero-order valence-electron chi connectivity index (χ0n) is 9.27. The molecule has 0 atom stereocenters. The number of nitrogen functional groups attached to an aromatic ring is 1. The van der Waals surface area contributed by atoms with E-state index in [2.05, 4.69) is 4.37 Å². The molecule has 19 heavy (non-hydrogen) atoms. The van der Waals surface area contributed by atoms with E-state index in [1.54, 1.807) is 0 Å². The molecule has 2 rings (SSSR count). The Morgan fingerprint density at radius 2 is 2.11 bits per heavy atom. The van der Waals surface area contributed by atoms with Crippen molar-refractivity contribution in [2.75, 3.05) is 5.73 Å². The summed E-state index contributed by atoms with van der Waals surface area (Å²) in [4.78, 5) is 11.7. The first kappa shape index (κ1) is 13.3. The summed E-state index contributed by atoms with van der Waals surface area (Å²) in [7, 11) is 0. The summed E-state index contributed by atoms with van der Waals surface area (Å²) < 4.78 is 45.9. The Labute approximate surface area is 109 Å². The molecule has 0 spiro atoms. The smallest absolute Gasteiger partial charge is 0.416 e. The fraction of sp³-hybridized carbons (Fsp3) is 0.0909. The number of carbonyl (C=O) groups excluding carboxylic acids is 1. The number of alkyl halides is 3. The topological polar surface area (TPSA) is 65.2 Å². The highest BCUT2D eigenvalue weighted by molar-refractivity contribution is 7.08. The highest BCUT2D eigenvalue weighted by Crippen LogP contribution is 2.31. The number of nitrogens with two attached hydrogens (primary N) is 1. The predicted octanol–water partition coefficient (Wildman–Crippen LogP) is 2.96. The fourth-order valence-corrected chi connectivity index (χ4v) is 1.84. The Hall–Kier alpha value is -2.09. The van der Waals surface area contributed by atoms with E-state index in [-0.39, 0.29) is 16.3 Å². The number of hydrogen-bond donors (Lipinski definition) is 1. The lowest BCUT2D eigenvalue weighted by atomic mass is 10.2. The minimum absolute atomic E-state index is 0.0532. The third-order valence-corrected chi connectivity index (χ3v) is 2.95. The number of ether oxygens (including phenoxy) is 1. The SMILES string of the molecule is Nc1cnsc1C(=O)Oc1cccc(C(F)(F)F)c1. The molecule has 2 aromatic rings. The molecule has 1 aromatic heterocycles. The second kappa shape index (κ2) is 4.88. The average molecular weight is 288 g/mol. The number of aromatic nitrogens is 1. The Bertz CT molecular complexity index is 610. The maximum absolute atomic E-state index is 12.5. The third kappa shape index (κ3) is 3.02. The van der Waals surface area contributed by atoms with E-state index in [0.29, 0.717) is 0 Å². The molecule has 1 aromatic carbocycles.